The summed E-state index contributed by atoms with van der Waals surface area (Å²) in [6, 6.07) is 7.99. The van der Waals surface area contributed by atoms with Crippen LogP contribution in [0.4, 0.5) is 4.39 Å². The largest absolute Gasteiger partial charge is 0.493 e. The van der Waals surface area contributed by atoms with Crippen LogP contribution < -0.4 is 14.9 Å². The molecule has 0 aliphatic rings. The van der Waals surface area contributed by atoms with E-state index in [4.69, 9.17) is 33.3 Å². The molecule has 0 atom stereocenters. The van der Waals surface area contributed by atoms with Gasteiger partial charge in [0.05, 0.1) is 23.1 Å². The third kappa shape index (κ3) is 5.09. The minimum absolute atomic E-state index is 0.176. The van der Waals surface area contributed by atoms with Crippen LogP contribution in [0.2, 0.25) is 5.02 Å². The van der Waals surface area contributed by atoms with Crippen molar-refractivity contribution in [3.05, 3.63) is 67.4 Å². The van der Waals surface area contributed by atoms with Gasteiger partial charge in [-0.2, -0.15) is 5.10 Å². The molecule has 0 amide bonds. The molecule has 0 saturated carbocycles. The predicted molar refractivity (Wildman–Crippen MR) is 116 cm³/mol. The Morgan fingerprint density at radius 2 is 2.14 bits per heavy atom. The second-order valence-electron chi connectivity index (χ2n) is 6.10. The Kier molecular flexibility index (Phi) is 7.15. The number of halogens is 3. The topological polar surface area (TPSA) is 64.1 Å². The number of methoxy groups -OCH3 is 1. The van der Waals surface area contributed by atoms with Crippen molar-refractivity contribution in [1.29, 1.82) is 0 Å². The van der Waals surface area contributed by atoms with Crippen molar-refractivity contribution in [3.8, 4) is 11.5 Å². The molecule has 0 saturated heterocycles. The summed E-state index contributed by atoms with van der Waals surface area (Å²) < 4.78 is 27.6. The predicted octanol–water partition coefficient (Wildman–Crippen LogP) is 5.39. The molecular weight excluding hydrogens is 483 g/mol. The Bertz CT molecular complexity index is 1070. The molecule has 0 aliphatic heterocycles. The Morgan fingerprint density at radius 3 is 2.83 bits per heavy atom. The summed E-state index contributed by atoms with van der Waals surface area (Å²) in [6.45, 7) is 2.68. The molecule has 1 aromatic heterocycles. The van der Waals surface area contributed by atoms with E-state index in [1.165, 1.54) is 12.1 Å². The molecule has 6 nitrogen and oxygen atoms in total. The van der Waals surface area contributed by atoms with Crippen molar-refractivity contribution >= 4 is 39.7 Å². The number of nitrogens with one attached hydrogen (secondary N) is 2. The first-order valence-electron chi connectivity index (χ1n) is 8.76. The van der Waals surface area contributed by atoms with Gasteiger partial charge >= 0.3 is 0 Å². The number of nitrogens with zero attached hydrogens (tertiary/aromatic N) is 2. The number of H-pyrrole nitrogens is 1. The van der Waals surface area contributed by atoms with E-state index in [2.05, 4.69) is 31.6 Å². The third-order valence-corrected chi connectivity index (χ3v) is 5.39. The lowest BCUT2D eigenvalue weighted by molar-refractivity contribution is 0.282. The van der Waals surface area contributed by atoms with Crippen molar-refractivity contribution in [2.45, 2.75) is 26.5 Å². The van der Waals surface area contributed by atoms with E-state index in [9.17, 15) is 4.39 Å². The molecular formula is C19H19BrClFN4O2S. The number of aromatic amines is 1. The number of benzene rings is 2. The van der Waals surface area contributed by atoms with Gasteiger partial charge < -0.3 is 14.9 Å². The molecule has 0 fully saturated rings. The average molecular weight is 502 g/mol. The van der Waals surface area contributed by atoms with Gasteiger partial charge in [0.1, 0.15) is 12.4 Å². The van der Waals surface area contributed by atoms with E-state index in [0.717, 1.165) is 22.3 Å². The fraction of sp³-hybridized carbons (Fsp3) is 0.263. The molecule has 0 aliphatic carbocycles. The van der Waals surface area contributed by atoms with Crippen molar-refractivity contribution < 1.29 is 13.9 Å². The summed E-state index contributed by atoms with van der Waals surface area (Å²) >= 11 is 14.8. The highest BCUT2D eigenvalue weighted by Gasteiger charge is 2.14. The van der Waals surface area contributed by atoms with Gasteiger partial charge in [-0.05, 0) is 58.0 Å². The van der Waals surface area contributed by atoms with Crippen LogP contribution in [-0.2, 0) is 19.6 Å². The van der Waals surface area contributed by atoms with Gasteiger partial charge in [-0.15, -0.1) is 0 Å². The second-order valence-corrected chi connectivity index (χ2v) is 7.75. The standard InChI is InChI=1S/C19H19BrClFN4O2S/c1-3-17-24-25-19(29)26(17)23-9-11-6-14(20)18(16(7-11)27-2)28-10-12-4-5-13(22)8-15(12)21/h4-8,23H,3,9-10H2,1-2H3,(H,25,29). The number of ether oxygens (including phenoxy) is 2. The highest BCUT2D eigenvalue weighted by atomic mass is 79.9. The molecule has 2 N–H and O–H groups in total. The summed E-state index contributed by atoms with van der Waals surface area (Å²) in [5.41, 5.74) is 4.87. The number of aryl methyl sites for hydroxylation is 1. The number of hydrogen-bond acceptors (Lipinski definition) is 5. The minimum Gasteiger partial charge on any atom is -0.493 e. The first-order chi connectivity index (χ1) is 13.9. The van der Waals surface area contributed by atoms with Crippen molar-refractivity contribution in [2.24, 2.45) is 0 Å². The summed E-state index contributed by atoms with van der Waals surface area (Å²) in [5, 5.41) is 7.26. The molecule has 0 unspecified atom stereocenters. The highest BCUT2D eigenvalue weighted by molar-refractivity contribution is 9.10. The maximum Gasteiger partial charge on any atom is 0.214 e. The molecule has 2 aromatic carbocycles. The molecule has 10 heteroatoms. The smallest absolute Gasteiger partial charge is 0.214 e. The van der Waals surface area contributed by atoms with Crippen LogP contribution in [0.25, 0.3) is 0 Å². The maximum absolute atomic E-state index is 13.2. The van der Waals surface area contributed by atoms with Gasteiger partial charge in [0.2, 0.25) is 4.77 Å². The van der Waals surface area contributed by atoms with E-state index in [1.54, 1.807) is 17.9 Å². The van der Waals surface area contributed by atoms with Crippen molar-refractivity contribution in [1.82, 2.24) is 14.9 Å². The molecule has 3 rings (SSSR count). The average Bonchev–Trinajstić information content (AvgIpc) is 3.06. The molecule has 0 bridgehead atoms. The molecule has 3 aromatic rings. The third-order valence-electron chi connectivity index (χ3n) is 4.18. The van der Waals surface area contributed by atoms with E-state index < -0.39 is 5.82 Å². The van der Waals surface area contributed by atoms with Gasteiger partial charge in [-0.25, -0.2) is 9.07 Å². The number of hydrogen-bond donors (Lipinski definition) is 2. The van der Waals surface area contributed by atoms with Gasteiger partial charge in [-0.1, -0.05) is 24.6 Å². The first-order valence-corrected chi connectivity index (χ1v) is 10.3. The van der Waals surface area contributed by atoms with Gasteiger partial charge in [0.15, 0.2) is 17.3 Å². The van der Waals surface area contributed by atoms with Crippen LogP contribution in [0, 0.1) is 10.6 Å². The zero-order chi connectivity index (χ0) is 21.0. The van der Waals surface area contributed by atoms with Gasteiger partial charge in [-0.3, -0.25) is 5.10 Å². The lowest BCUT2D eigenvalue weighted by Gasteiger charge is -2.16. The van der Waals surface area contributed by atoms with Crippen LogP contribution in [0.3, 0.4) is 0 Å². The summed E-state index contributed by atoms with van der Waals surface area (Å²) in [6.07, 6.45) is 0.742. The lowest BCUT2D eigenvalue weighted by atomic mass is 10.2. The molecule has 154 valence electrons. The fourth-order valence-electron chi connectivity index (χ4n) is 2.70. The van der Waals surface area contributed by atoms with Gasteiger partial charge in [0, 0.05) is 12.0 Å². The minimum atomic E-state index is -0.390. The maximum atomic E-state index is 13.2. The monoisotopic (exact) mass is 500 g/mol. The zero-order valence-corrected chi connectivity index (χ0v) is 18.9. The van der Waals surface area contributed by atoms with Crippen LogP contribution in [-0.4, -0.2) is 22.0 Å². The Labute approximate surface area is 186 Å². The molecule has 0 radical (unpaired) electrons. The number of aromatic nitrogens is 3. The molecule has 29 heavy (non-hydrogen) atoms. The summed E-state index contributed by atoms with van der Waals surface area (Å²) in [5.74, 6) is 1.52. The first kappa shape index (κ1) is 21.6. The van der Waals surface area contributed by atoms with Crippen molar-refractivity contribution in [3.63, 3.8) is 0 Å². The van der Waals surface area contributed by atoms with Crippen LogP contribution >= 0.6 is 39.7 Å². The van der Waals surface area contributed by atoms with Crippen LogP contribution in [0.1, 0.15) is 23.9 Å². The van der Waals surface area contributed by atoms with Crippen molar-refractivity contribution in [2.75, 3.05) is 12.5 Å². The van der Waals surface area contributed by atoms with Gasteiger partial charge in [0.25, 0.3) is 0 Å². The van der Waals surface area contributed by atoms with Crippen LogP contribution in [0.5, 0.6) is 11.5 Å². The van der Waals surface area contributed by atoms with E-state index in [0.29, 0.717) is 33.4 Å². The Balaban J connectivity index is 1.76. The SMILES string of the molecule is CCc1n[nH]c(=S)n1NCc1cc(Br)c(OCc2ccc(F)cc2Cl)c(OC)c1. The lowest BCUT2D eigenvalue weighted by Crippen LogP contribution is -2.17. The summed E-state index contributed by atoms with van der Waals surface area (Å²) in [4.78, 5) is 0. The normalized spacial score (nSPS) is 10.8. The van der Waals surface area contributed by atoms with E-state index in [-0.39, 0.29) is 6.61 Å². The second kappa shape index (κ2) is 9.60. The fourth-order valence-corrected chi connectivity index (χ4v) is 3.75. The Morgan fingerprint density at radius 1 is 1.34 bits per heavy atom. The summed E-state index contributed by atoms with van der Waals surface area (Å²) in [7, 11) is 1.57. The molecule has 1 heterocycles. The van der Waals surface area contributed by atoms with E-state index in [1.807, 2.05) is 19.1 Å². The zero-order valence-electron chi connectivity index (χ0n) is 15.8. The Hall–Kier alpha value is -2.10. The van der Waals surface area contributed by atoms with E-state index >= 15 is 0 Å². The quantitative estimate of drug-likeness (QED) is 0.405. The highest BCUT2D eigenvalue weighted by Crippen LogP contribution is 2.37. The molecule has 0 spiro atoms. The number of rotatable bonds is 8. The van der Waals surface area contributed by atoms with Crippen LogP contribution in [0.15, 0.2) is 34.8 Å².